The van der Waals surface area contributed by atoms with Crippen molar-refractivity contribution in [3.8, 4) is 0 Å². The predicted octanol–water partition coefficient (Wildman–Crippen LogP) is 2.75. The molecule has 0 aromatic rings. The Morgan fingerprint density at radius 2 is 2.04 bits per heavy atom. The summed E-state index contributed by atoms with van der Waals surface area (Å²) < 4.78 is 5.35. The lowest BCUT2D eigenvalue weighted by Gasteiger charge is -2.34. The van der Waals surface area contributed by atoms with Crippen LogP contribution in [0.5, 0.6) is 0 Å². The Hall–Kier alpha value is -0.810. The molecule has 2 saturated heterocycles. The van der Waals surface area contributed by atoms with Crippen molar-refractivity contribution in [1.29, 1.82) is 0 Å². The summed E-state index contributed by atoms with van der Waals surface area (Å²) in [5.74, 6) is 0.786. The molecule has 4 unspecified atom stereocenters. The molecule has 5 heteroatoms. The molecule has 134 valence electrons. The van der Waals surface area contributed by atoms with Gasteiger partial charge in [-0.2, -0.15) is 0 Å². The Bertz CT molecular complexity index is 381. The van der Waals surface area contributed by atoms with E-state index in [1.54, 1.807) is 0 Å². The first kappa shape index (κ1) is 18.5. The molecule has 23 heavy (non-hydrogen) atoms. The number of nitrogens with zero attached hydrogens (tertiary/aromatic N) is 1. The van der Waals surface area contributed by atoms with Crippen molar-refractivity contribution in [3.63, 3.8) is 0 Å². The zero-order chi connectivity index (χ0) is 16.9. The minimum atomic E-state index is -0.437. The van der Waals surface area contributed by atoms with Crippen molar-refractivity contribution in [2.75, 3.05) is 26.2 Å². The van der Waals surface area contributed by atoms with Crippen LogP contribution in [0.2, 0.25) is 0 Å². The monoisotopic (exact) mass is 325 g/mol. The van der Waals surface area contributed by atoms with Gasteiger partial charge in [0.25, 0.3) is 0 Å². The van der Waals surface area contributed by atoms with Gasteiger partial charge in [0.1, 0.15) is 5.60 Å². The van der Waals surface area contributed by atoms with E-state index >= 15 is 0 Å². The molecule has 2 aliphatic rings. The van der Waals surface area contributed by atoms with Gasteiger partial charge in [-0.15, -0.1) is 0 Å². The number of ether oxygens (including phenoxy) is 1. The highest BCUT2D eigenvalue weighted by Crippen LogP contribution is 2.27. The molecule has 2 N–H and O–H groups in total. The third-order valence-corrected chi connectivity index (χ3v) is 4.88. The number of amides is 1. The minimum Gasteiger partial charge on any atom is -0.444 e. The Kier molecular flexibility index (Phi) is 6.72. The summed E-state index contributed by atoms with van der Waals surface area (Å²) in [6.45, 7) is 12.3. The van der Waals surface area contributed by atoms with Gasteiger partial charge in [0.2, 0.25) is 0 Å². The van der Waals surface area contributed by atoms with E-state index in [2.05, 4.69) is 22.5 Å². The Morgan fingerprint density at radius 3 is 2.74 bits per heavy atom. The topological polar surface area (TPSA) is 53.6 Å². The lowest BCUT2D eigenvalue weighted by Crippen LogP contribution is -2.51. The molecule has 1 amide bonds. The maximum absolute atomic E-state index is 11.9. The average Bonchev–Trinajstić information content (AvgIpc) is 2.85. The third kappa shape index (κ3) is 6.30. The highest BCUT2D eigenvalue weighted by Gasteiger charge is 2.35. The van der Waals surface area contributed by atoms with Crippen LogP contribution in [0.3, 0.4) is 0 Å². The van der Waals surface area contributed by atoms with Gasteiger partial charge in [-0.25, -0.2) is 4.79 Å². The minimum absolute atomic E-state index is 0.309. The number of alkyl carbamates (subject to hydrolysis) is 1. The largest absolute Gasteiger partial charge is 0.444 e. The second-order valence-electron chi connectivity index (χ2n) is 8.13. The Balaban J connectivity index is 1.80. The maximum atomic E-state index is 11.9. The van der Waals surface area contributed by atoms with Crippen LogP contribution in [0.15, 0.2) is 0 Å². The molecule has 2 bridgehead atoms. The van der Waals surface area contributed by atoms with Gasteiger partial charge in [-0.05, 0) is 59.0 Å². The van der Waals surface area contributed by atoms with Crippen LogP contribution in [0.4, 0.5) is 4.79 Å². The highest BCUT2D eigenvalue weighted by atomic mass is 16.6. The van der Waals surface area contributed by atoms with Crippen LogP contribution in [0, 0.1) is 5.92 Å². The van der Waals surface area contributed by atoms with Gasteiger partial charge in [0, 0.05) is 25.2 Å². The quantitative estimate of drug-likeness (QED) is 0.756. The summed E-state index contributed by atoms with van der Waals surface area (Å²) in [7, 11) is 0. The number of piperidine rings is 1. The summed E-state index contributed by atoms with van der Waals surface area (Å²) in [4.78, 5) is 14.5. The first-order valence-corrected chi connectivity index (χ1v) is 9.32. The van der Waals surface area contributed by atoms with Crippen molar-refractivity contribution in [2.24, 2.45) is 5.92 Å². The van der Waals surface area contributed by atoms with E-state index in [-0.39, 0.29) is 6.09 Å². The SMILES string of the molecule is CCCCC(CNC(=O)OC(C)(C)C)NC1CCN2CCC1C2. The van der Waals surface area contributed by atoms with Crippen LogP contribution in [-0.4, -0.2) is 54.9 Å². The van der Waals surface area contributed by atoms with Crippen molar-refractivity contribution < 1.29 is 9.53 Å². The van der Waals surface area contributed by atoms with Crippen LogP contribution in [0.1, 0.15) is 59.8 Å². The molecule has 2 aliphatic heterocycles. The fourth-order valence-electron chi connectivity index (χ4n) is 3.69. The van der Waals surface area contributed by atoms with Crippen molar-refractivity contribution in [3.05, 3.63) is 0 Å². The molecule has 2 heterocycles. The van der Waals surface area contributed by atoms with E-state index in [4.69, 9.17) is 4.74 Å². The van der Waals surface area contributed by atoms with E-state index < -0.39 is 5.60 Å². The molecule has 2 fully saturated rings. The smallest absolute Gasteiger partial charge is 0.407 e. The summed E-state index contributed by atoms with van der Waals surface area (Å²) in [5, 5.41) is 6.79. The number of nitrogens with one attached hydrogen (secondary N) is 2. The van der Waals surface area contributed by atoms with Crippen LogP contribution < -0.4 is 10.6 Å². The summed E-state index contributed by atoms with van der Waals surface area (Å²) >= 11 is 0. The molecule has 2 rings (SSSR count). The first-order chi connectivity index (χ1) is 10.9. The second-order valence-corrected chi connectivity index (χ2v) is 8.13. The van der Waals surface area contributed by atoms with E-state index in [1.165, 1.54) is 45.3 Å². The third-order valence-electron chi connectivity index (χ3n) is 4.88. The number of carbonyl (C=O) groups excluding carboxylic acids is 1. The van der Waals surface area contributed by atoms with Crippen molar-refractivity contribution in [1.82, 2.24) is 15.5 Å². The molecular formula is C18H35N3O2. The normalized spacial score (nSPS) is 28.4. The van der Waals surface area contributed by atoms with E-state index in [1.807, 2.05) is 20.8 Å². The number of hydrogen-bond donors (Lipinski definition) is 2. The van der Waals surface area contributed by atoms with Crippen LogP contribution >= 0.6 is 0 Å². The number of fused-ring (bicyclic) bond motifs is 2. The molecule has 0 aromatic heterocycles. The zero-order valence-corrected chi connectivity index (χ0v) is 15.4. The predicted molar refractivity (Wildman–Crippen MR) is 93.6 cm³/mol. The Morgan fingerprint density at radius 1 is 1.30 bits per heavy atom. The van der Waals surface area contributed by atoms with Crippen molar-refractivity contribution in [2.45, 2.75) is 77.5 Å². The van der Waals surface area contributed by atoms with Crippen LogP contribution in [0.25, 0.3) is 0 Å². The fraction of sp³-hybridized carbons (Fsp3) is 0.944. The van der Waals surface area contributed by atoms with Gasteiger partial charge >= 0.3 is 6.09 Å². The van der Waals surface area contributed by atoms with Gasteiger partial charge in [0.15, 0.2) is 0 Å². The standard InChI is InChI=1S/C18H35N3O2/c1-5-6-7-15(12-19-17(22)23-18(2,3)4)20-16-9-11-21-10-8-14(16)13-21/h14-16,20H,5-13H2,1-4H3,(H,19,22). The molecule has 0 aromatic carbocycles. The molecule has 0 aliphatic carbocycles. The first-order valence-electron chi connectivity index (χ1n) is 9.32. The number of unbranched alkanes of at least 4 members (excludes halogenated alkanes) is 1. The van der Waals surface area contributed by atoms with Crippen molar-refractivity contribution >= 4 is 6.09 Å². The lowest BCUT2D eigenvalue weighted by molar-refractivity contribution is 0.0519. The number of carbonyl (C=O) groups is 1. The summed E-state index contributed by atoms with van der Waals surface area (Å²) in [5.41, 5.74) is -0.437. The second kappa shape index (κ2) is 8.34. The lowest BCUT2D eigenvalue weighted by atomic mass is 9.93. The zero-order valence-electron chi connectivity index (χ0n) is 15.4. The summed E-state index contributed by atoms with van der Waals surface area (Å²) in [6, 6.07) is 0.954. The van der Waals surface area contributed by atoms with Gasteiger partial charge in [-0.3, -0.25) is 0 Å². The Labute approximate surface area is 141 Å². The molecule has 0 saturated carbocycles. The molecular weight excluding hydrogens is 290 g/mol. The van der Waals surface area contributed by atoms with E-state index in [0.717, 1.165) is 12.3 Å². The fourth-order valence-corrected chi connectivity index (χ4v) is 3.69. The molecule has 0 radical (unpaired) electrons. The van der Waals surface area contributed by atoms with E-state index in [0.29, 0.717) is 18.6 Å². The number of rotatable bonds is 7. The highest BCUT2D eigenvalue weighted by molar-refractivity contribution is 5.67. The van der Waals surface area contributed by atoms with Gasteiger partial charge in [-0.1, -0.05) is 19.8 Å². The molecule has 4 atom stereocenters. The maximum Gasteiger partial charge on any atom is 0.407 e. The number of hydrogen-bond acceptors (Lipinski definition) is 4. The summed E-state index contributed by atoms with van der Waals surface area (Å²) in [6.07, 6.45) is 5.73. The van der Waals surface area contributed by atoms with Crippen LogP contribution in [-0.2, 0) is 4.74 Å². The average molecular weight is 325 g/mol. The van der Waals surface area contributed by atoms with Gasteiger partial charge in [0.05, 0.1) is 0 Å². The van der Waals surface area contributed by atoms with Gasteiger partial charge < -0.3 is 20.3 Å². The molecule has 5 nitrogen and oxygen atoms in total. The van der Waals surface area contributed by atoms with E-state index in [9.17, 15) is 4.79 Å². The molecule has 0 spiro atoms.